The highest BCUT2D eigenvalue weighted by molar-refractivity contribution is 5.97. The second kappa shape index (κ2) is 7.80. The predicted molar refractivity (Wildman–Crippen MR) is 120 cm³/mol. The highest BCUT2D eigenvalue weighted by Crippen LogP contribution is 2.19. The van der Waals surface area contributed by atoms with Gasteiger partial charge in [-0.15, -0.1) is 0 Å². The summed E-state index contributed by atoms with van der Waals surface area (Å²) in [5.41, 5.74) is 2.47. The first-order valence-corrected chi connectivity index (χ1v) is 10.4. The predicted octanol–water partition coefficient (Wildman–Crippen LogP) is 3.77. The minimum atomic E-state index is -0.112. The highest BCUT2D eigenvalue weighted by Gasteiger charge is 2.31. The van der Waals surface area contributed by atoms with E-state index in [2.05, 4.69) is 9.97 Å². The van der Waals surface area contributed by atoms with Crippen molar-refractivity contribution >= 4 is 33.6 Å². The van der Waals surface area contributed by atoms with Gasteiger partial charge >= 0.3 is 0 Å². The average molecular weight is 410 g/mol. The van der Waals surface area contributed by atoms with E-state index in [4.69, 9.17) is 0 Å². The zero-order valence-electron chi connectivity index (χ0n) is 17.2. The van der Waals surface area contributed by atoms with Crippen LogP contribution in [0.2, 0.25) is 0 Å². The van der Waals surface area contributed by atoms with Gasteiger partial charge in [-0.1, -0.05) is 48.5 Å². The van der Waals surface area contributed by atoms with Crippen molar-refractivity contribution in [2.75, 3.05) is 19.6 Å². The van der Waals surface area contributed by atoms with Crippen LogP contribution in [-0.4, -0.2) is 57.3 Å². The number of aromatic nitrogens is 2. The van der Waals surface area contributed by atoms with E-state index in [0.717, 1.165) is 21.8 Å². The molecule has 3 heterocycles. The number of piperazine rings is 1. The van der Waals surface area contributed by atoms with Crippen molar-refractivity contribution in [3.63, 3.8) is 0 Å². The largest absolute Gasteiger partial charge is 0.333 e. The molecule has 0 aliphatic carbocycles. The van der Waals surface area contributed by atoms with E-state index in [1.165, 1.54) is 0 Å². The molecule has 1 aliphatic heterocycles. The summed E-state index contributed by atoms with van der Waals surface area (Å²) in [5.74, 6) is -0.206. The van der Waals surface area contributed by atoms with Crippen LogP contribution in [-0.2, 0) is 0 Å². The van der Waals surface area contributed by atoms with Crippen LogP contribution in [0.3, 0.4) is 0 Å². The molecule has 2 aromatic heterocycles. The maximum Gasteiger partial charge on any atom is 0.272 e. The molecule has 0 bridgehead atoms. The fraction of sp³-hybridized carbons (Fsp3) is 0.200. The number of benzene rings is 2. The van der Waals surface area contributed by atoms with Crippen molar-refractivity contribution in [1.82, 2.24) is 19.8 Å². The molecule has 1 aliphatic rings. The number of amides is 2. The van der Waals surface area contributed by atoms with Crippen molar-refractivity contribution in [1.29, 1.82) is 0 Å². The third-order valence-electron chi connectivity index (χ3n) is 5.81. The van der Waals surface area contributed by atoms with E-state index in [0.29, 0.717) is 31.0 Å². The number of carbonyl (C=O) groups excluding carboxylic acids is 2. The lowest BCUT2D eigenvalue weighted by molar-refractivity contribution is 0.0408. The smallest absolute Gasteiger partial charge is 0.272 e. The van der Waals surface area contributed by atoms with Gasteiger partial charge < -0.3 is 9.80 Å². The van der Waals surface area contributed by atoms with Gasteiger partial charge in [-0.2, -0.15) is 0 Å². The van der Waals surface area contributed by atoms with Gasteiger partial charge in [-0.05, 0) is 31.2 Å². The molecule has 2 amide bonds. The van der Waals surface area contributed by atoms with Crippen molar-refractivity contribution in [3.8, 4) is 0 Å². The highest BCUT2D eigenvalue weighted by atomic mass is 16.2. The SMILES string of the molecule is C[C@H]1CN(C(=O)c2ccc3ccccc3n2)CCN1C(=O)c1ccc2ccccc2n1. The molecule has 0 unspecified atom stereocenters. The van der Waals surface area contributed by atoms with Gasteiger partial charge in [0.1, 0.15) is 11.4 Å². The lowest BCUT2D eigenvalue weighted by Gasteiger charge is -2.39. The lowest BCUT2D eigenvalue weighted by Crippen LogP contribution is -2.55. The van der Waals surface area contributed by atoms with Gasteiger partial charge in [-0.3, -0.25) is 9.59 Å². The Balaban J connectivity index is 1.31. The first-order valence-electron chi connectivity index (χ1n) is 10.4. The Labute approximate surface area is 180 Å². The maximum atomic E-state index is 13.1. The first kappa shape index (κ1) is 19.2. The average Bonchev–Trinajstić information content (AvgIpc) is 2.82. The Bertz CT molecular complexity index is 1300. The Hall–Kier alpha value is -3.80. The zero-order chi connectivity index (χ0) is 21.4. The molecule has 0 radical (unpaired) electrons. The van der Waals surface area contributed by atoms with E-state index >= 15 is 0 Å². The standard InChI is InChI=1S/C25H22N4O2/c1-17-16-28(24(30)22-12-10-18-6-2-4-8-20(18)26-22)14-15-29(17)25(31)23-13-11-19-7-3-5-9-21(19)27-23/h2-13,17H,14-16H2,1H3/t17-/m0/s1. The van der Waals surface area contributed by atoms with Crippen LogP contribution < -0.4 is 0 Å². The number of carbonyl (C=O) groups is 2. The molecule has 2 aromatic carbocycles. The van der Waals surface area contributed by atoms with Gasteiger partial charge in [0.15, 0.2) is 0 Å². The molecule has 31 heavy (non-hydrogen) atoms. The number of hydrogen-bond donors (Lipinski definition) is 0. The molecule has 6 heteroatoms. The molecule has 6 nitrogen and oxygen atoms in total. The summed E-state index contributed by atoms with van der Waals surface area (Å²) >= 11 is 0. The summed E-state index contributed by atoms with van der Waals surface area (Å²) in [6.07, 6.45) is 0. The number of pyridine rings is 2. The first-order chi connectivity index (χ1) is 15.1. The fourth-order valence-electron chi connectivity index (χ4n) is 4.12. The van der Waals surface area contributed by atoms with Gasteiger partial charge in [0.2, 0.25) is 0 Å². The molecule has 1 atom stereocenters. The minimum absolute atomic E-state index is 0.103. The van der Waals surface area contributed by atoms with Crippen LogP contribution in [0.15, 0.2) is 72.8 Å². The number of fused-ring (bicyclic) bond motifs is 2. The molecule has 154 valence electrons. The van der Waals surface area contributed by atoms with Crippen LogP contribution in [0.4, 0.5) is 0 Å². The van der Waals surface area contributed by atoms with Crippen LogP contribution in [0.5, 0.6) is 0 Å². The number of hydrogen-bond acceptors (Lipinski definition) is 4. The molecule has 1 fully saturated rings. The topological polar surface area (TPSA) is 66.4 Å². The van der Waals surface area contributed by atoms with Crippen molar-refractivity contribution in [2.24, 2.45) is 0 Å². The van der Waals surface area contributed by atoms with Crippen LogP contribution in [0, 0.1) is 0 Å². The fourth-order valence-corrected chi connectivity index (χ4v) is 4.12. The van der Waals surface area contributed by atoms with Crippen molar-refractivity contribution in [3.05, 3.63) is 84.2 Å². The lowest BCUT2D eigenvalue weighted by atomic mass is 10.1. The van der Waals surface area contributed by atoms with E-state index in [1.807, 2.05) is 67.6 Å². The summed E-state index contributed by atoms with van der Waals surface area (Å²) in [5, 5.41) is 2.01. The normalized spacial score (nSPS) is 16.6. The number of para-hydroxylation sites is 2. The Morgan fingerprint density at radius 3 is 1.87 bits per heavy atom. The van der Waals surface area contributed by atoms with Crippen molar-refractivity contribution in [2.45, 2.75) is 13.0 Å². The number of rotatable bonds is 2. The van der Waals surface area contributed by atoms with E-state index in [1.54, 1.807) is 21.9 Å². The Kier molecular flexibility index (Phi) is 4.82. The molecule has 5 rings (SSSR count). The molecule has 4 aromatic rings. The summed E-state index contributed by atoms with van der Waals surface area (Å²) in [4.78, 5) is 38.8. The van der Waals surface area contributed by atoms with E-state index in [-0.39, 0.29) is 17.9 Å². The second-order valence-electron chi connectivity index (χ2n) is 7.88. The van der Waals surface area contributed by atoms with Crippen LogP contribution in [0.25, 0.3) is 21.8 Å². The Morgan fingerprint density at radius 1 is 0.742 bits per heavy atom. The molecular weight excluding hydrogens is 388 g/mol. The third-order valence-corrected chi connectivity index (χ3v) is 5.81. The van der Waals surface area contributed by atoms with Gasteiger partial charge in [0.25, 0.3) is 11.8 Å². The van der Waals surface area contributed by atoms with Crippen LogP contribution in [0.1, 0.15) is 27.9 Å². The maximum absolute atomic E-state index is 13.1. The monoisotopic (exact) mass is 410 g/mol. The van der Waals surface area contributed by atoms with E-state index in [9.17, 15) is 9.59 Å². The molecule has 0 saturated carbocycles. The molecule has 1 saturated heterocycles. The zero-order valence-corrected chi connectivity index (χ0v) is 17.2. The summed E-state index contributed by atoms with van der Waals surface area (Å²) in [7, 11) is 0. The minimum Gasteiger partial charge on any atom is -0.333 e. The van der Waals surface area contributed by atoms with Crippen LogP contribution >= 0.6 is 0 Å². The van der Waals surface area contributed by atoms with Crippen molar-refractivity contribution < 1.29 is 9.59 Å². The molecule has 0 N–H and O–H groups in total. The summed E-state index contributed by atoms with van der Waals surface area (Å²) in [6.45, 7) is 3.36. The van der Waals surface area contributed by atoms with Gasteiger partial charge in [-0.25, -0.2) is 9.97 Å². The summed E-state index contributed by atoms with van der Waals surface area (Å²) in [6, 6.07) is 22.8. The van der Waals surface area contributed by atoms with Gasteiger partial charge in [0, 0.05) is 36.4 Å². The number of nitrogens with zero attached hydrogens (tertiary/aromatic N) is 4. The second-order valence-corrected chi connectivity index (χ2v) is 7.88. The Morgan fingerprint density at radius 2 is 1.29 bits per heavy atom. The third kappa shape index (κ3) is 3.61. The molecule has 0 spiro atoms. The quantitative estimate of drug-likeness (QED) is 0.505. The van der Waals surface area contributed by atoms with Gasteiger partial charge in [0.05, 0.1) is 11.0 Å². The van der Waals surface area contributed by atoms with E-state index < -0.39 is 0 Å². The molecular formula is C25H22N4O2. The summed E-state index contributed by atoms with van der Waals surface area (Å²) < 4.78 is 0.